The number of aryl methyl sites for hydroxylation is 2. The zero-order valence-electron chi connectivity index (χ0n) is 16.2. The summed E-state index contributed by atoms with van der Waals surface area (Å²) in [6, 6.07) is 16.3. The van der Waals surface area contributed by atoms with Crippen LogP contribution in [0.4, 0.5) is 5.69 Å². The van der Waals surface area contributed by atoms with Crippen LogP contribution in [0.15, 0.2) is 54.6 Å². The van der Waals surface area contributed by atoms with Crippen LogP contribution in [0.1, 0.15) is 30.9 Å². The van der Waals surface area contributed by atoms with Crippen LogP contribution in [-0.4, -0.2) is 33.2 Å². The molecule has 2 rings (SSSR count). The summed E-state index contributed by atoms with van der Waals surface area (Å²) in [5.41, 5.74) is 2.95. The van der Waals surface area contributed by atoms with Crippen molar-refractivity contribution in [2.75, 3.05) is 17.1 Å². The molecule has 0 fully saturated rings. The van der Waals surface area contributed by atoms with Crippen LogP contribution in [0, 0.1) is 6.92 Å². The minimum atomic E-state index is -3.58. The summed E-state index contributed by atoms with van der Waals surface area (Å²) in [6.45, 7) is 4.38. The quantitative estimate of drug-likeness (QED) is 0.671. The van der Waals surface area contributed by atoms with E-state index in [-0.39, 0.29) is 5.91 Å². The molecular formula is C21H28N2O3S. The van der Waals surface area contributed by atoms with Gasteiger partial charge in [0.2, 0.25) is 15.9 Å². The molecule has 146 valence electrons. The fourth-order valence-electron chi connectivity index (χ4n) is 3.12. The lowest BCUT2D eigenvalue weighted by molar-refractivity contribution is -0.122. The SMILES string of the molecule is CC[C@@H](C(=O)NCCCc1cccc(C)c1)N(c1ccccc1)S(C)(=O)=O. The zero-order chi connectivity index (χ0) is 19.9. The van der Waals surface area contributed by atoms with Crippen molar-refractivity contribution in [1.29, 1.82) is 0 Å². The van der Waals surface area contributed by atoms with Gasteiger partial charge in [0.15, 0.2) is 0 Å². The van der Waals surface area contributed by atoms with E-state index in [9.17, 15) is 13.2 Å². The Bertz CT molecular complexity index is 851. The molecule has 1 atom stereocenters. The van der Waals surface area contributed by atoms with Crippen LogP contribution in [0.3, 0.4) is 0 Å². The molecule has 0 bridgehead atoms. The fraction of sp³-hybridized carbons (Fsp3) is 0.381. The van der Waals surface area contributed by atoms with Gasteiger partial charge < -0.3 is 5.32 Å². The summed E-state index contributed by atoms with van der Waals surface area (Å²) >= 11 is 0. The molecule has 1 amide bonds. The third-order valence-corrected chi connectivity index (χ3v) is 5.54. The lowest BCUT2D eigenvalue weighted by Gasteiger charge is -2.30. The molecule has 0 radical (unpaired) electrons. The maximum atomic E-state index is 12.7. The van der Waals surface area contributed by atoms with Crippen molar-refractivity contribution in [3.05, 3.63) is 65.7 Å². The van der Waals surface area contributed by atoms with Gasteiger partial charge in [-0.1, -0.05) is 55.0 Å². The highest BCUT2D eigenvalue weighted by atomic mass is 32.2. The Morgan fingerprint density at radius 1 is 1.11 bits per heavy atom. The van der Waals surface area contributed by atoms with Crippen molar-refractivity contribution in [2.45, 2.75) is 39.2 Å². The largest absolute Gasteiger partial charge is 0.354 e. The van der Waals surface area contributed by atoms with Gasteiger partial charge in [0.1, 0.15) is 6.04 Å². The minimum Gasteiger partial charge on any atom is -0.354 e. The van der Waals surface area contributed by atoms with Crippen molar-refractivity contribution in [3.63, 3.8) is 0 Å². The van der Waals surface area contributed by atoms with Crippen LogP contribution >= 0.6 is 0 Å². The first-order valence-corrected chi connectivity index (χ1v) is 11.1. The van der Waals surface area contributed by atoms with Crippen LogP contribution in [-0.2, 0) is 21.2 Å². The summed E-state index contributed by atoms with van der Waals surface area (Å²) in [5, 5.41) is 2.90. The number of anilines is 1. The van der Waals surface area contributed by atoms with Gasteiger partial charge in [-0.2, -0.15) is 0 Å². The molecule has 0 saturated carbocycles. The third kappa shape index (κ3) is 6.10. The molecule has 0 saturated heterocycles. The molecule has 0 aliphatic carbocycles. The van der Waals surface area contributed by atoms with Crippen LogP contribution < -0.4 is 9.62 Å². The molecule has 2 aromatic carbocycles. The number of amides is 1. The standard InChI is InChI=1S/C21H28N2O3S/c1-4-20(23(27(3,25)26)19-13-6-5-7-14-19)21(24)22-15-9-12-18-11-8-10-17(2)16-18/h5-8,10-11,13-14,16,20H,4,9,12,15H2,1-3H3,(H,22,24)/t20-/m0/s1. The van der Waals surface area contributed by atoms with Crippen molar-refractivity contribution >= 4 is 21.6 Å². The lowest BCUT2D eigenvalue weighted by atomic mass is 10.1. The second-order valence-corrected chi connectivity index (χ2v) is 8.56. The zero-order valence-corrected chi connectivity index (χ0v) is 17.0. The van der Waals surface area contributed by atoms with Gasteiger partial charge in [0, 0.05) is 6.54 Å². The number of hydrogen-bond donors (Lipinski definition) is 1. The molecule has 0 aliphatic rings. The summed E-state index contributed by atoms with van der Waals surface area (Å²) in [4.78, 5) is 12.7. The predicted octanol–water partition coefficient (Wildman–Crippen LogP) is 3.29. The Morgan fingerprint density at radius 2 is 1.81 bits per heavy atom. The minimum absolute atomic E-state index is 0.268. The van der Waals surface area contributed by atoms with E-state index < -0.39 is 16.1 Å². The van der Waals surface area contributed by atoms with E-state index in [2.05, 4.69) is 30.4 Å². The van der Waals surface area contributed by atoms with E-state index in [1.54, 1.807) is 24.3 Å². The highest BCUT2D eigenvalue weighted by molar-refractivity contribution is 7.92. The molecule has 2 aromatic rings. The molecular weight excluding hydrogens is 360 g/mol. The number of nitrogens with zero attached hydrogens (tertiary/aromatic N) is 1. The normalized spacial score (nSPS) is 12.4. The molecule has 0 aliphatic heterocycles. The number of benzene rings is 2. The number of para-hydroxylation sites is 1. The summed E-state index contributed by atoms with van der Waals surface area (Å²) in [7, 11) is -3.58. The predicted molar refractivity (Wildman–Crippen MR) is 110 cm³/mol. The first kappa shape index (κ1) is 21.0. The van der Waals surface area contributed by atoms with E-state index in [0.29, 0.717) is 18.7 Å². The Balaban J connectivity index is 2.01. The number of nitrogens with one attached hydrogen (secondary N) is 1. The first-order chi connectivity index (χ1) is 12.8. The molecule has 0 aromatic heterocycles. The van der Waals surface area contributed by atoms with E-state index in [4.69, 9.17) is 0 Å². The van der Waals surface area contributed by atoms with Crippen molar-refractivity contribution in [2.24, 2.45) is 0 Å². The molecule has 27 heavy (non-hydrogen) atoms. The Hall–Kier alpha value is -2.34. The highest BCUT2D eigenvalue weighted by Crippen LogP contribution is 2.22. The average molecular weight is 389 g/mol. The molecule has 5 nitrogen and oxygen atoms in total. The van der Waals surface area contributed by atoms with E-state index in [0.717, 1.165) is 19.1 Å². The monoisotopic (exact) mass is 388 g/mol. The van der Waals surface area contributed by atoms with Crippen molar-refractivity contribution < 1.29 is 13.2 Å². The van der Waals surface area contributed by atoms with E-state index in [1.807, 2.05) is 19.1 Å². The summed E-state index contributed by atoms with van der Waals surface area (Å²) in [5.74, 6) is -0.268. The lowest BCUT2D eigenvalue weighted by Crippen LogP contribution is -2.49. The molecule has 0 spiro atoms. The molecule has 1 N–H and O–H groups in total. The van der Waals surface area contributed by atoms with Crippen LogP contribution in [0.2, 0.25) is 0 Å². The molecule has 0 heterocycles. The Kier molecular flexibility index (Phi) is 7.42. The fourth-order valence-corrected chi connectivity index (χ4v) is 4.34. The maximum Gasteiger partial charge on any atom is 0.243 e. The Labute approximate surface area is 162 Å². The third-order valence-electron chi connectivity index (χ3n) is 4.36. The smallest absolute Gasteiger partial charge is 0.243 e. The molecule has 6 heteroatoms. The number of sulfonamides is 1. The number of rotatable bonds is 9. The highest BCUT2D eigenvalue weighted by Gasteiger charge is 2.31. The van der Waals surface area contributed by atoms with Gasteiger partial charge in [-0.05, 0) is 43.9 Å². The van der Waals surface area contributed by atoms with Crippen molar-refractivity contribution in [1.82, 2.24) is 5.32 Å². The van der Waals surface area contributed by atoms with Gasteiger partial charge in [0.05, 0.1) is 11.9 Å². The Morgan fingerprint density at radius 3 is 2.41 bits per heavy atom. The second-order valence-electron chi connectivity index (χ2n) is 6.70. The van der Waals surface area contributed by atoms with Crippen LogP contribution in [0.25, 0.3) is 0 Å². The van der Waals surface area contributed by atoms with Gasteiger partial charge in [-0.3, -0.25) is 9.10 Å². The number of carbonyl (C=O) groups excluding carboxylic acids is 1. The second kappa shape index (κ2) is 9.55. The number of carbonyl (C=O) groups is 1. The van der Waals surface area contributed by atoms with E-state index >= 15 is 0 Å². The number of hydrogen-bond acceptors (Lipinski definition) is 3. The topological polar surface area (TPSA) is 66.5 Å². The van der Waals surface area contributed by atoms with Gasteiger partial charge >= 0.3 is 0 Å². The van der Waals surface area contributed by atoms with Crippen molar-refractivity contribution in [3.8, 4) is 0 Å². The van der Waals surface area contributed by atoms with Gasteiger partial charge in [0.25, 0.3) is 0 Å². The summed E-state index contributed by atoms with van der Waals surface area (Å²) in [6.07, 6.45) is 3.20. The maximum absolute atomic E-state index is 12.7. The van der Waals surface area contributed by atoms with Gasteiger partial charge in [-0.25, -0.2) is 8.42 Å². The summed E-state index contributed by atoms with van der Waals surface area (Å²) < 4.78 is 25.9. The van der Waals surface area contributed by atoms with Crippen LogP contribution in [0.5, 0.6) is 0 Å². The first-order valence-electron chi connectivity index (χ1n) is 9.20. The van der Waals surface area contributed by atoms with E-state index in [1.165, 1.54) is 15.4 Å². The molecule has 0 unspecified atom stereocenters. The van der Waals surface area contributed by atoms with Gasteiger partial charge in [-0.15, -0.1) is 0 Å². The average Bonchev–Trinajstić information content (AvgIpc) is 2.62.